The lowest BCUT2D eigenvalue weighted by molar-refractivity contribution is 0.233. The van der Waals surface area contributed by atoms with Crippen molar-refractivity contribution in [2.75, 3.05) is 6.61 Å². The molecule has 0 bridgehead atoms. The highest BCUT2D eigenvalue weighted by Crippen LogP contribution is 2.25. The highest BCUT2D eigenvalue weighted by Gasteiger charge is 2.07. The van der Waals surface area contributed by atoms with Gasteiger partial charge in [0, 0.05) is 0 Å². The molecule has 1 unspecified atom stereocenters. The Labute approximate surface area is 121 Å². The van der Waals surface area contributed by atoms with Crippen LogP contribution in [0.25, 0.3) is 10.8 Å². The number of hydrogen-bond donors (Lipinski definition) is 1. The maximum atomic E-state index is 9.53. The van der Waals surface area contributed by atoms with Crippen LogP contribution < -0.4 is 4.74 Å². The topological polar surface area (TPSA) is 29.5 Å². The summed E-state index contributed by atoms with van der Waals surface area (Å²) in [6.07, 6.45) is 4.91. The van der Waals surface area contributed by atoms with Crippen molar-refractivity contribution in [3.8, 4) is 11.5 Å². The highest BCUT2D eigenvalue weighted by atomic mass is 16.5. The predicted molar refractivity (Wildman–Crippen MR) is 84.4 cm³/mol. The first-order chi connectivity index (χ1) is 9.72. The van der Waals surface area contributed by atoms with Crippen molar-refractivity contribution in [3.05, 3.63) is 36.4 Å². The summed E-state index contributed by atoms with van der Waals surface area (Å²) in [7, 11) is 0. The van der Waals surface area contributed by atoms with Crippen LogP contribution in [-0.2, 0) is 0 Å². The number of aromatic hydroxyl groups is 1. The zero-order valence-corrected chi connectivity index (χ0v) is 12.4. The van der Waals surface area contributed by atoms with Crippen molar-refractivity contribution in [2.45, 2.75) is 39.5 Å². The summed E-state index contributed by atoms with van der Waals surface area (Å²) in [4.78, 5) is 0. The van der Waals surface area contributed by atoms with Crippen molar-refractivity contribution < 1.29 is 9.84 Å². The number of fused-ring (bicyclic) bond motifs is 1. The van der Waals surface area contributed by atoms with Gasteiger partial charge in [-0.3, -0.25) is 0 Å². The van der Waals surface area contributed by atoms with Gasteiger partial charge in [0.2, 0.25) is 0 Å². The molecule has 108 valence electrons. The maximum Gasteiger partial charge on any atom is 0.119 e. The molecule has 1 N–H and O–H groups in total. The van der Waals surface area contributed by atoms with E-state index in [1.54, 1.807) is 12.1 Å². The summed E-state index contributed by atoms with van der Waals surface area (Å²) < 4.78 is 5.92. The average molecular weight is 272 g/mol. The van der Waals surface area contributed by atoms with Gasteiger partial charge in [0.25, 0.3) is 0 Å². The third-order valence-electron chi connectivity index (χ3n) is 3.82. The standard InChI is InChI=1S/C18H24O2/c1-3-5-6-14(4-2)13-20-18-10-8-15-7-9-17(19)11-16(15)12-18/h7-12,14,19H,3-6,13H2,1-2H3. The zero-order valence-electron chi connectivity index (χ0n) is 12.4. The average Bonchev–Trinajstić information content (AvgIpc) is 2.47. The van der Waals surface area contributed by atoms with Crippen molar-refractivity contribution in [3.63, 3.8) is 0 Å². The molecule has 0 radical (unpaired) electrons. The smallest absolute Gasteiger partial charge is 0.119 e. The van der Waals surface area contributed by atoms with Crippen LogP contribution in [0, 0.1) is 5.92 Å². The number of benzene rings is 2. The van der Waals surface area contributed by atoms with E-state index < -0.39 is 0 Å². The fourth-order valence-electron chi connectivity index (χ4n) is 2.41. The van der Waals surface area contributed by atoms with Gasteiger partial charge in [-0.2, -0.15) is 0 Å². The first kappa shape index (κ1) is 14.7. The van der Waals surface area contributed by atoms with E-state index in [1.165, 1.54) is 19.3 Å². The Balaban J connectivity index is 2.02. The van der Waals surface area contributed by atoms with Crippen molar-refractivity contribution in [2.24, 2.45) is 5.92 Å². The van der Waals surface area contributed by atoms with Crippen LogP contribution in [0.3, 0.4) is 0 Å². The monoisotopic (exact) mass is 272 g/mol. The molecule has 0 spiro atoms. The molecule has 0 aliphatic rings. The van der Waals surface area contributed by atoms with Crippen molar-refractivity contribution in [1.29, 1.82) is 0 Å². The van der Waals surface area contributed by atoms with Crippen LogP contribution in [0.2, 0.25) is 0 Å². The minimum Gasteiger partial charge on any atom is -0.508 e. The van der Waals surface area contributed by atoms with Gasteiger partial charge in [-0.05, 0) is 47.4 Å². The third kappa shape index (κ3) is 3.89. The van der Waals surface area contributed by atoms with E-state index in [2.05, 4.69) is 13.8 Å². The first-order valence-corrected chi connectivity index (χ1v) is 7.58. The fourth-order valence-corrected chi connectivity index (χ4v) is 2.41. The number of ether oxygens (including phenoxy) is 1. The number of phenolic OH excluding ortho intramolecular Hbond substituents is 1. The molecule has 0 aliphatic heterocycles. The van der Waals surface area contributed by atoms with E-state index >= 15 is 0 Å². The van der Waals surface area contributed by atoms with Gasteiger partial charge < -0.3 is 9.84 Å². The fraction of sp³-hybridized carbons (Fsp3) is 0.444. The summed E-state index contributed by atoms with van der Waals surface area (Å²) >= 11 is 0. The van der Waals surface area contributed by atoms with E-state index in [-0.39, 0.29) is 0 Å². The minimum absolute atomic E-state index is 0.295. The second-order valence-electron chi connectivity index (χ2n) is 5.42. The van der Waals surface area contributed by atoms with Crippen LogP contribution in [0.15, 0.2) is 36.4 Å². The summed E-state index contributed by atoms with van der Waals surface area (Å²) in [5.41, 5.74) is 0. The Morgan fingerprint density at radius 2 is 1.85 bits per heavy atom. The Kier molecular flexibility index (Phi) is 5.28. The molecule has 2 aromatic rings. The van der Waals surface area contributed by atoms with Gasteiger partial charge in [0.05, 0.1) is 6.61 Å². The summed E-state index contributed by atoms with van der Waals surface area (Å²) in [5.74, 6) is 1.82. The Morgan fingerprint density at radius 1 is 1.05 bits per heavy atom. The van der Waals surface area contributed by atoms with Gasteiger partial charge in [0.15, 0.2) is 0 Å². The van der Waals surface area contributed by atoms with Gasteiger partial charge in [-0.25, -0.2) is 0 Å². The molecule has 0 saturated heterocycles. The number of hydrogen-bond acceptors (Lipinski definition) is 2. The Hall–Kier alpha value is -1.70. The van der Waals surface area contributed by atoms with E-state index in [9.17, 15) is 5.11 Å². The van der Waals surface area contributed by atoms with Crippen LogP contribution in [-0.4, -0.2) is 11.7 Å². The molecule has 0 amide bonds. The lowest BCUT2D eigenvalue weighted by atomic mass is 10.0. The number of unbranched alkanes of at least 4 members (excludes halogenated alkanes) is 1. The van der Waals surface area contributed by atoms with Crippen LogP contribution in [0.1, 0.15) is 39.5 Å². The molecule has 0 aliphatic carbocycles. The summed E-state index contributed by atoms with van der Waals surface area (Å²) in [6.45, 7) is 5.23. The molecule has 2 nitrogen and oxygen atoms in total. The summed E-state index contributed by atoms with van der Waals surface area (Å²) in [5, 5.41) is 11.7. The van der Waals surface area contributed by atoms with Gasteiger partial charge >= 0.3 is 0 Å². The van der Waals surface area contributed by atoms with Crippen LogP contribution in [0.4, 0.5) is 0 Å². The molecular formula is C18H24O2. The van der Waals surface area contributed by atoms with Crippen molar-refractivity contribution in [1.82, 2.24) is 0 Å². The molecule has 2 rings (SSSR count). The largest absolute Gasteiger partial charge is 0.508 e. The second kappa shape index (κ2) is 7.18. The summed E-state index contributed by atoms with van der Waals surface area (Å²) in [6, 6.07) is 11.5. The van der Waals surface area contributed by atoms with Crippen LogP contribution >= 0.6 is 0 Å². The SMILES string of the molecule is CCCCC(CC)COc1ccc2ccc(O)cc2c1. The molecule has 2 aromatic carbocycles. The molecule has 2 heteroatoms. The second-order valence-corrected chi connectivity index (χ2v) is 5.42. The normalized spacial score (nSPS) is 12.5. The third-order valence-corrected chi connectivity index (χ3v) is 3.82. The molecule has 1 atom stereocenters. The quantitative estimate of drug-likeness (QED) is 0.756. The number of rotatable bonds is 7. The Bertz CT molecular complexity index is 548. The lowest BCUT2D eigenvalue weighted by Gasteiger charge is -2.15. The van der Waals surface area contributed by atoms with E-state index in [1.807, 2.05) is 24.3 Å². The van der Waals surface area contributed by atoms with E-state index in [0.717, 1.165) is 29.5 Å². The van der Waals surface area contributed by atoms with E-state index in [4.69, 9.17) is 4.74 Å². The molecular weight excluding hydrogens is 248 g/mol. The van der Waals surface area contributed by atoms with Crippen LogP contribution in [0.5, 0.6) is 11.5 Å². The minimum atomic E-state index is 0.295. The van der Waals surface area contributed by atoms with Crippen molar-refractivity contribution >= 4 is 10.8 Å². The molecule has 20 heavy (non-hydrogen) atoms. The maximum absolute atomic E-state index is 9.53. The lowest BCUT2D eigenvalue weighted by Crippen LogP contribution is -2.11. The van der Waals surface area contributed by atoms with Gasteiger partial charge in [-0.1, -0.05) is 45.2 Å². The zero-order chi connectivity index (χ0) is 14.4. The highest BCUT2D eigenvalue weighted by molar-refractivity contribution is 5.85. The first-order valence-electron chi connectivity index (χ1n) is 7.58. The predicted octanol–water partition coefficient (Wildman–Crippen LogP) is 5.14. The van der Waals surface area contributed by atoms with Gasteiger partial charge in [-0.15, -0.1) is 0 Å². The molecule has 0 heterocycles. The van der Waals surface area contributed by atoms with Gasteiger partial charge in [0.1, 0.15) is 11.5 Å². The number of phenols is 1. The molecule has 0 saturated carbocycles. The molecule has 0 aromatic heterocycles. The van der Waals surface area contributed by atoms with E-state index in [0.29, 0.717) is 11.7 Å². The molecule has 0 fully saturated rings. The Morgan fingerprint density at radius 3 is 2.60 bits per heavy atom.